The normalized spacial score (nSPS) is 14.5. The highest BCUT2D eigenvalue weighted by Gasteiger charge is 2.24. The van der Waals surface area contributed by atoms with Crippen molar-refractivity contribution in [2.75, 3.05) is 17.7 Å². The summed E-state index contributed by atoms with van der Waals surface area (Å²) in [5.74, 6) is -0.110. The summed E-state index contributed by atoms with van der Waals surface area (Å²) < 4.78 is 38.7. The van der Waals surface area contributed by atoms with E-state index in [1.165, 1.54) is 37.4 Å². The molecule has 2 aromatic rings. The lowest BCUT2D eigenvalue weighted by atomic mass is 10.2. The number of hydrogen-bond acceptors (Lipinski definition) is 6. The lowest BCUT2D eigenvalue weighted by Crippen LogP contribution is -2.32. The summed E-state index contributed by atoms with van der Waals surface area (Å²) in [7, 11) is -2.27. The van der Waals surface area contributed by atoms with Crippen LogP contribution in [0.25, 0.3) is 0 Å². The summed E-state index contributed by atoms with van der Waals surface area (Å²) in [5.41, 5.74) is 0.203. The molecule has 1 aliphatic carbocycles. The van der Waals surface area contributed by atoms with Crippen LogP contribution in [0.15, 0.2) is 47.4 Å². The molecule has 34 heavy (non-hydrogen) atoms. The van der Waals surface area contributed by atoms with Crippen LogP contribution >= 0.6 is 0 Å². The fourth-order valence-electron chi connectivity index (χ4n) is 3.64. The fourth-order valence-corrected chi connectivity index (χ4v) is 4.99. The van der Waals surface area contributed by atoms with Gasteiger partial charge in [0.05, 0.1) is 17.7 Å². The van der Waals surface area contributed by atoms with Gasteiger partial charge in [0, 0.05) is 17.3 Å². The van der Waals surface area contributed by atoms with E-state index in [1.807, 2.05) is 0 Å². The molecule has 0 bridgehead atoms. The summed E-state index contributed by atoms with van der Waals surface area (Å²) >= 11 is 0. The zero-order valence-electron chi connectivity index (χ0n) is 19.8. The van der Waals surface area contributed by atoms with Gasteiger partial charge < -0.3 is 14.8 Å². The molecule has 2 aromatic carbocycles. The van der Waals surface area contributed by atoms with E-state index in [9.17, 15) is 18.0 Å². The first-order valence-electron chi connectivity index (χ1n) is 11.1. The molecule has 9 nitrogen and oxygen atoms in total. The molecule has 3 rings (SSSR count). The van der Waals surface area contributed by atoms with Gasteiger partial charge in [-0.05, 0) is 70.0 Å². The minimum atomic E-state index is -3.72. The molecule has 3 N–H and O–H groups in total. The first-order valence-corrected chi connectivity index (χ1v) is 12.6. The van der Waals surface area contributed by atoms with Crippen LogP contribution in [-0.4, -0.2) is 39.2 Å². The third-order valence-electron chi connectivity index (χ3n) is 5.18. The number of benzene rings is 2. The highest BCUT2D eigenvalue weighted by Crippen LogP contribution is 2.29. The molecule has 2 amide bonds. The van der Waals surface area contributed by atoms with Crippen LogP contribution in [0.4, 0.5) is 16.2 Å². The van der Waals surface area contributed by atoms with E-state index in [-0.39, 0.29) is 16.5 Å². The number of nitrogens with one attached hydrogen (secondary N) is 3. The number of hydrogen-bond donors (Lipinski definition) is 3. The van der Waals surface area contributed by atoms with Crippen LogP contribution in [0, 0.1) is 0 Å². The minimum absolute atomic E-state index is 0.0362. The maximum atomic E-state index is 12.8. The molecule has 0 aromatic heterocycles. The molecule has 0 heterocycles. The standard InChI is InChI=1S/C24H31N3O6S/c1-24(2,3)33-23(29)26-20-15-18(12-13-21(20)32-4)25-22(28)16-8-7-11-19(14-16)34(30,31)27-17-9-5-6-10-17/h7-8,11-15,17,27H,5-6,9-10H2,1-4H3,(H,25,28)(H,26,29). The molecule has 1 saturated carbocycles. The Morgan fingerprint density at radius 3 is 2.35 bits per heavy atom. The molecule has 1 fully saturated rings. The first kappa shape index (κ1) is 25.5. The van der Waals surface area contributed by atoms with Crippen molar-refractivity contribution in [1.29, 1.82) is 0 Å². The molecule has 10 heteroatoms. The number of ether oxygens (including phenoxy) is 2. The molecule has 0 atom stereocenters. The van der Waals surface area contributed by atoms with Gasteiger partial charge in [-0.1, -0.05) is 18.9 Å². The average molecular weight is 490 g/mol. The van der Waals surface area contributed by atoms with E-state index in [1.54, 1.807) is 32.9 Å². The van der Waals surface area contributed by atoms with Gasteiger partial charge in [-0.2, -0.15) is 0 Å². The highest BCUT2D eigenvalue weighted by atomic mass is 32.2. The van der Waals surface area contributed by atoms with Gasteiger partial charge in [0.1, 0.15) is 11.4 Å². The molecule has 184 valence electrons. The smallest absolute Gasteiger partial charge is 0.412 e. The third-order valence-corrected chi connectivity index (χ3v) is 6.69. The minimum Gasteiger partial charge on any atom is -0.495 e. The lowest BCUT2D eigenvalue weighted by molar-refractivity contribution is 0.0635. The average Bonchev–Trinajstić information content (AvgIpc) is 3.25. The van der Waals surface area contributed by atoms with Crippen molar-refractivity contribution in [1.82, 2.24) is 4.72 Å². The van der Waals surface area contributed by atoms with E-state index in [2.05, 4.69) is 15.4 Å². The summed E-state index contributed by atoms with van der Waals surface area (Å²) in [4.78, 5) is 25.0. The van der Waals surface area contributed by atoms with Crippen LogP contribution in [0.3, 0.4) is 0 Å². The second-order valence-corrected chi connectivity index (χ2v) is 10.8. The molecule has 0 saturated heterocycles. The van der Waals surface area contributed by atoms with E-state index in [0.717, 1.165) is 25.7 Å². The second kappa shape index (κ2) is 10.4. The van der Waals surface area contributed by atoms with Crippen molar-refractivity contribution >= 4 is 33.4 Å². The number of methoxy groups -OCH3 is 1. The maximum Gasteiger partial charge on any atom is 0.412 e. The summed E-state index contributed by atoms with van der Waals surface area (Å²) in [5, 5.41) is 5.33. The van der Waals surface area contributed by atoms with Crippen molar-refractivity contribution in [3.8, 4) is 5.75 Å². The van der Waals surface area contributed by atoms with Crippen LogP contribution in [0.5, 0.6) is 5.75 Å². The quantitative estimate of drug-likeness (QED) is 0.526. The van der Waals surface area contributed by atoms with Gasteiger partial charge >= 0.3 is 6.09 Å². The Labute approximate surface area is 200 Å². The molecule has 0 aliphatic heterocycles. The van der Waals surface area contributed by atoms with E-state index < -0.39 is 27.6 Å². The third kappa shape index (κ3) is 6.94. The molecular formula is C24H31N3O6S. The highest BCUT2D eigenvalue weighted by molar-refractivity contribution is 7.89. The summed E-state index contributed by atoms with van der Waals surface area (Å²) in [6.07, 6.45) is 2.97. The van der Waals surface area contributed by atoms with E-state index in [0.29, 0.717) is 17.1 Å². The Morgan fingerprint density at radius 1 is 1.00 bits per heavy atom. The molecular weight excluding hydrogens is 458 g/mol. The lowest BCUT2D eigenvalue weighted by Gasteiger charge is -2.20. The number of sulfonamides is 1. The van der Waals surface area contributed by atoms with Crippen molar-refractivity contribution in [3.63, 3.8) is 0 Å². The second-order valence-electron chi connectivity index (χ2n) is 9.13. The predicted molar refractivity (Wildman–Crippen MR) is 130 cm³/mol. The predicted octanol–water partition coefficient (Wildman–Crippen LogP) is 4.52. The van der Waals surface area contributed by atoms with Crippen LogP contribution in [-0.2, 0) is 14.8 Å². The number of rotatable bonds is 7. The van der Waals surface area contributed by atoms with Crippen LogP contribution < -0.4 is 20.1 Å². The Morgan fingerprint density at radius 2 is 1.71 bits per heavy atom. The number of carbonyl (C=O) groups excluding carboxylic acids is 2. The number of amides is 2. The van der Waals surface area contributed by atoms with E-state index in [4.69, 9.17) is 9.47 Å². The zero-order chi connectivity index (χ0) is 24.9. The van der Waals surface area contributed by atoms with Crippen molar-refractivity contribution in [2.45, 2.75) is 63.0 Å². The first-order chi connectivity index (χ1) is 16.0. The number of carbonyl (C=O) groups is 2. The van der Waals surface area contributed by atoms with Gasteiger partial charge in [0.2, 0.25) is 10.0 Å². The Hall–Kier alpha value is -3.11. The van der Waals surface area contributed by atoms with Crippen molar-refractivity contribution < 1.29 is 27.5 Å². The van der Waals surface area contributed by atoms with Crippen molar-refractivity contribution in [3.05, 3.63) is 48.0 Å². The van der Waals surface area contributed by atoms with Gasteiger partial charge in [0.15, 0.2) is 0 Å². The fraction of sp³-hybridized carbons (Fsp3) is 0.417. The van der Waals surface area contributed by atoms with Crippen LogP contribution in [0.2, 0.25) is 0 Å². The molecule has 0 unspecified atom stereocenters. The van der Waals surface area contributed by atoms with Gasteiger partial charge in [-0.25, -0.2) is 17.9 Å². The largest absolute Gasteiger partial charge is 0.495 e. The van der Waals surface area contributed by atoms with Gasteiger partial charge in [-0.15, -0.1) is 0 Å². The maximum absolute atomic E-state index is 12.8. The monoisotopic (exact) mass is 489 g/mol. The molecule has 1 aliphatic rings. The van der Waals surface area contributed by atoms with Crippen molar-refractivity contribution in [2.24, 2.45) is 0 Å². The van der Waals surface area contributed by atoms with Gasteiger partial charge in [-0.3, -0.25) is 10.1 Å². The van der Waals surface area contributed by atoms with Gasteiger partial charge in [0.25, 0.3) is 5.91 Å². The topological polar surface area (TPSA) is 123 Å². The zero-order valence-corrected chi connectivity index (χ0v) is 20.6. The SMILES string of the molecule is COc1ccc(NC(=O)c2cccc(S(=O)(=O)NC3CCCC3)c2)cc1NC(=O)OC(C)(C)C. The Bertz CT molecular complexity index is 1150. The van der Waals surface area contributed by atoms with Crippen LogP contribution in [0.1, 0.15) is 56.8 Å². The molecule has 0 radical (unpaired) electrons. The molecule has 0 spiro atoms. The van der Waals surface area contributed by atoms with E-state index >= 15 is 0 Å². The number of anilines is 2. The summed E-state index contributed by atoms with van der Waals surface area (Å²) in [6, 6.07) is 10.5. The summed E-state index contributed by atoms with van der Waals surface area (Å²) in [6.45, 7) is 5.24. The Balaban J connectivity index is 1.75. The Kier molecular flexibility index (Phi) is 7.83.